The number of nitrogens with one attached hydrogen (secondary N) is 1. The van der Waals surface area contributed by atoms with E-state index in [0.29, 0.717) is 24.8 Å². The molecule has 2 rings (SSSR count). The molecule has 0 saturated carbocycles. The summed E-state index contributed by atoms with van der Waals surface area (Å²) in [6.07, 6.45) is 4.27. The second kappa shape index (κ2) is 9.48. The molecule has 1 heterocycles. The van der Waals surface area contributed by atoms with Gasteiger partial charge in [-0.3, -0.25) is 4.79 Å². The van der Waals surface area contributed by atoms with Gasteiger partial charge in [0.25, 0.3) is 5.91 Å². The summed E-state index contributed by atoms with van der Waals surface area (Å²) in [5.41, 5.74) is 0.363. The molecule has 1 N–H and O–H groups in total. The molecule has 0 radical (unpaired) electrons. The van der Waals surface area contributed by atoms with Crippen molar-refractivity contribution in [1.29, 1.82) is 0 Å². The maximum Gasteiger partial charge on any atom is 0.251 e. The molecule has 1 amide bonds. The van der Waals surface area contributed by atoms with Crippen LogP contribution in [0.25, 0.3) is 0 Å². The van der Waals surface area contributed by atoms with E-state index in [-0.39, 0.29) is 16.8 Å². The fraction of sp³-hybridized carbons (Fsp3) is 0.632. The Labute approximate surface area is 157 Å². The van der Waals surface area contributed by atoms with Gasteiger partial charge in [0.2, 0.25) is 10.0 Å². The Hall–Kier alpha value is -1.44. The number of nitrogens with zero attached hydrogens (tertiary/aromatic N) is 1. The van der Waals surface area contributed by atoms with Gasteiger partial charge in [0, 0.05) is 31.3 Å². The largest absolute Gasteiger partial charge is 0.378 e. The molecule has 1 fully saturated rings. The molecule has 0 aliphatic carbocycles. The van der Waals surface area contributed by atoms with Gasteiger partial charge in [0.1, 0.15) is 0 Å². The molecule has 0 bridgehead atoms. The SMILES string of the molecule is CCN(CC)S(=O)(=O)c1cccc(C(=O)N[C@@H](C)CC[C@@H]2CCCO2)c1. The van der Waals surface area contributed by atoms with Crippen molar-refractivity contribution in [2.45, 2.75) is 63.5 Å². The van der Waals surface area contributed by atoms with E-state index in [1.165, 1.54) is 16.4 Å². The minimum atomic E-state index is -3.57. The first kappa shape index (κ1) is 20.9. The molecular weight excluding hydrogens is 352 g/mol. The number of amides is 1. The van der Waals surface area contributed by atoms with Crippen molar-refractivity contribution < 1.29 is 17.9 Å². The van der Waals surface area contributed by atoms with Crippen LogP contribution in [0.5, 0.6) is 0 Å². The molecule has 1 aliphatic rings. The number of hydrogen-bond acceptors (Lipinski definition) is 4. The lowest BCUT2D eigenvalue weighted by Gasteiger charge is -2.19. The zero-order valence-electron chi connectivity index (χ0n) is 15.9. The molecule has 1 aromatic rings. The Morgan fingerprint density at radius 1 is 1.35 bits per heavy atom. The monoisotopic (exact) mass is 382 g/mol. The third-order valence-electron chi connectivity index (χ3n) is 4.76. The third-order valence-corrected chi connectivity index (χ3v) is 6.81. The van der Waals surface area contributed by atoms with Gasteiger partial charge in [-0.1, -0.05) is 19.9 Å². The summed E-state index contributed by atoms with van der Waals surface area (Å²) in [5.74, 6) is -0.249. The molecule has 0 unspecified atom stereocenters. The van der Waals surface area contributed by atoms with E-state index in [1.54, 1.807) is 26.0 Å². The van der Waals surface area contributed by atoms with Crippen LogP contribution < -0.4 is 5.32 Å². The number of carbonyl (C=O) groups excluding carboxylic acids is 1. The first-order valence-electron chi connectivity index (χ1n) is 9.41. The van der Waals surface area contributed by atoms with E-state index in [0.717, 1.165) is 32.3 Å². The van der Waals surface area contributed by atoms with E-state index >= 15 is 0 Å². The highest BCUT2D eigenvalue weighted by molar-refractivity contribution is 7.89. The molecule has 1 saturated heterocycles. The second-order valence-corrected chi connectivity index (χ2v) is 8.64. The lowest BCUT2D eigenvalue weighted by molar-refractivity contribution is 0.0899. The van der Waals surface area contributed by atoms with Gasteiger partial charge in [0.15, 0.2) is 0 Å². The van der Waals surface area contributed by atoms with Crippen molar-refractivity contribution >= 4 is 15.9 Å². The summed E-state index contributed by atoms with van der Waals surface area (Å²) in [7, 11) is -3.57. The molecule has 0 aromatic heterocycles. The molecule has 7 heteroatoms. The van der Waals surface area contributed by atoms with Gasteiger partial charge in [-0.25, -0.2) is 8.42 Å². The molecular formula is C19H30N2O4S. The highest BCUT2D eigenvalue weighted by Gasteiger charge is 2.23. The van der Waals surface area contributed by atoms with Crippen LogP contribution in [0.15, 0.2) is 29.2 Å². The Morgan fingerprint density at radius 2 is 2.08 bits per heavy atom. The van der Waals surface area contributed by atoms with Gasteiger partial charge < -0.3 is 10.1 Å². The predicted octanol–water partition coefficient (Wildman–Crippen LogP) is 2.79. The van der Waals surface area contributed by atoms with Crippen LogP contribution in [0.1, 0.15) is 56.8 Å². The number of benzene rings is 1. The zero-order chi connectivity index (χ0) is 19.2. The molecule has 0 spiro atoms. The topological polar surface area (TPSA) is 75.7 Å². The van der Waals surface area contributed by atoms with Crippen LogP contribution in [0.2, 0.25) is 0 Å². The first-order valence-corrected chi connectivity index (χ1v) is 10.8. The van der Waals surface area contributed by atoms with Crippen LogP contribution in [0.3, 0.4) is 0 Å². The summed E-state index contributed by atoms with van der Waals surface area (Å²) in [6.45, 7) is 7.19. The minimum Gasteiger partial charge on any atom is -0.378 e. The van der Waals surface area contributed by atoms with E-state index in [4.69, 9.17) is 4.74 Å². The predicted molar refractivity (Wildman–Crippen MR) is 102 cm³/mol. The highest BCUT2D eigenvalue weighted by Crippen LogP contribution is 2.19. The molecule has 26 heavy (non-hydrogen) atoms. The number of carbonyl (C=O) groups is 1. The summed E-state index contributed by atoms with van der Waals surface area (Å²) >= 11 is 0. The molecule has 1 aromatic carbocycles. The summed E-state index contributed by atoms with van der Waals surface area (Å²) in [6, 6.07) is 6.25. The third kappa shape index (κ3) is 5.28. The number of rotatable bonds is 9. The minimum absolute atomic E-state index is 0.00902. The molecule has 6 nitrogen and oxygen atoms in total. The van der Waals surface area contributed by atoms with Crippen LogP contribution in [-0.4, -0.2) is 50.5 Å². The van der Waals surface area contributed by atoms with E-state index in [2.05, 4.69) is 5.32 Å². The summed E-state index contributed by atoms with van der Waals surface area (Å²) < 4.78 is 32.2. The number of ether oxygens (including phenoxy) is 1. The Bertz CT molecular complexity index is 695. The van der Waals surface area contributed by atoms with Crippen LogP contribution in [0, 0.1) is 0 Å². The van der Waals surface area contributed by atoms with Crippen molar-refractivity contribution in [3.63, 3.8) is 0 Å². The first-order chi connectivity index (χ1) is 12.4. The van der Waals surface area contributed by atoms with Crippen LogP contribution in [-0.2, 0) is 14.8 Å². The van der Waals surface area contributed by atoms with Crippen molar-refractivity contribution in [1.82, 2.24) is 9.62 Å². The molecule has 146 valence electrons. The lowest BCUT2D eigenvalue weighted by atomic mass is 10.1. The van der Waals surface area contributed by atoms with Crippen molar-refractivity contribution in [2.24, 2.45) is 0 Å². The Balaban J connectivity index is 2.00. The van der Waals surface area contributed by atoms with E-state index in [1.807, 2.05) is 6.92 Å². The standard InChI is InChI=1S/C19H30N2O4S/c1-4-21(5-2)26(23,24)18-10-6-8-16(14-18)19(22)20-15(3)11-12-17-9-7-13-25-17/h6,8,10,14-15,17H,4-5,7,9,11-13H2,1-3H3,(H,20,22)/t15-,17-/m0/s1. The highest BCUT2D eigenvalue weighted by atomic mass is 32.2. The van der Waals surface area contributed by atoms with Gasteiger partial charge >= 0.3 is 0 Å². The summed E-state index contributed by atoms with van der Waals surface area (Å²) in [4.78, 5) is 12.6. The van der Waals surface area contributed by atoms with Crippen molar-refractivity contribution in [3.05, 3.63) is 29.8 Å². The van der Waals surface area contributed by atoms with E-state index < -0.39 is 10.0 Å². The maximum absolute atomic E-state index is 12.6. The average molecular weight is 383 g/mol. The molecule has 1 aliphatic heterocycles. The van der Waals surface area contributed by atoms with Gasteiger partial charge in [0.05, 0.1) is 11.0 Å². The van der Waals surface area contributed by atoms with Gasteiger partial charge in [-0.2, -0.15) is 4.31 Å². The zero-order valence-corrected chi connectivity index (χ0v) is 16.7. The normalized spacial score (nSPS) is 18.8. The fourth-order valence-corrected chi connectivity index (χ4v) is 4.70. The Kier molecular flexibility index (Phi) is 7.61. The smallest absolute Gasteiger partial charge is 0.251 e. The summed E-state index contributed by atoms with van der Waals surface area (Å²) in [5, 5.41) is 2.95. The lowest BCUT2D eigenvalue weighted by Crippen LogP contribution is -2.34. The van der Waals surface area contributed by atoms with E-state index in [9.17, 15) is 13.2 Å². The average Bonchev–Trinajstić information content (AvgIpc) is 3.14. The molecule has 2 atom stereocenters. The number of sulfonamides is 1. The maximum atomic E-state index is 12.6. The Morgan fingerprint density at radius 3 is 2.69 bits per heavy atom. The van der Waals surface area contributed by atoms with Crippen molar-refractivity contribution in [2.75, 3.05) is 19.7 Å². The van der Waals surface area contributed by atoms with Crippen molar-refractivity contribution in [3.8, 4) is 0 Å². The van der Waals surface area contributed by atoms with Gasteiger partial charge in [-0.15, -0.1) is 0 Å². The second-order valence-electron chi connectivity index (χ2n) is 6.70. The fourth-order valence-electron chi connectivity index (χ4n) is 3.20. The van der Waals surface area contributed by atoms with Crippen LogP contribution >= 0.6 is 0 Å². The number of hydrogen-bond donors (Lipinski definition) is 1. The van der Waals surface area contributed by atoms with Gasteiger partial charge in [-0.05, 0) is 50.8 Å². The van der Waals surface area contributed by atoms with Crippen LogP contribution in [0.4, 0.5) is 0 Å². The quantitative estimate of drug-likeness (QED) is 0.713.